The number of rotatable bonds is 51. The predicted molar refractivity (Wildman–Crippen MR) is 270 cm³/mol. The van der Waals surface area contributed by atoms with Crippen molar-refractivity contribution < 1.29 is 28.6 Å². The molecule has 0 fully saturated rings. The first-order valence-electron chi connectivity index (χ1n) is 28.3. The van der Waals surface area contributed by atoms with Crippen molar-refractivity contribution in [3.8, 4) is 0 Å². The van der Waals surface area contributed by atoms with Gasteiger partial charge in [0.25, 0.3) is 0 Å². The minimum Gasteiger partial charge on any atom is -0.462 e. The SMILES string of the molecule is CCCCCCCCCCCCCC(=O)O[C@H](COC(=O)CCCCCCCCCCCCCCCCCCCCC(C)CC)COC(=O)CCCCCCCCCCC(C)CC. The number of hydrogen-bond donors (Lipinski definition) is 0. The van der Waals surface area contributed by atoms with Gasteiger partial charge in [0, 0.05) is 19.3 Å². The zero-order valence-electron chi connectivity index (χ0n) is 43.2. The number of ether oxygens (including phenoxy) is 3. The van der Waals surface area contributed by atoms with E-state index in [0.29, 0.717) is 19.3 Å². The van der Waals surface area contributed by atoms with E-state index in [1.165, 1.54) is 205 Å². The molecule has 6 heteroatoms. The molecule has 0 aromatic rings. The van der Waals surface area contributed by atoms with E-state index in [0.717, 1.165) is 69.6 Å². The van der Waals surface area contributed by atoms with Gasteiger partial charge >= 0.3 is 17.9 Å². The molecule has 0 heterocycles. The van der Waals surface area contributed by atoms with Crippen molar-refractivity contribution in [3.05, 3.63) is 0 Å². The van der Waals surface area contributed by atoms with Crippen LogP contribution in [0.4, 0.5) is 0 Å². The topological polar surface area (TPSA) is 78.9 Å². The third-order valence-corrected chi connectivity index (χ3v) is 13.7. The van der Waals surface area contributed by atoms with E-state index < -0.39 is 6.10 Å². The summed E-state index contributed by atoms with van der Waals surface area (Å²) in [5, 5.41) is 0. The van der Waals surface area contributed by atoms with E-state index >= 15 is 0 Å². The molecule has 0 aromatic heterocycles. The van der Waals surface area contributed by atoms with Crippen LogP contribution in [0.15, 0.2) is 0 Å². The molecule has 374 valence electrons. The molecule has 63 heavy (non-hydrogen) atoms. The van der Waals surface area contributed by atoms with Crippen LogP contribution in [0.3, 0.4) is 0 Å². The van der Waals surface area contributed by atoms with Gasteiger partial charge in [-0.05, 0) is 31.1 Å². The van der Waals surface area contributed by atoms with Crippen molar-refractivity contribution in [2.24, 2.45) is 11.8 Å². The molecule has 0 saturated carbocycles. The van der Waals surface area contributed by atoms with Gasteiger partial charge < -0.3 is 14.2 Å². The fourth-order valence-corrected chi connectivity index (χ4v) is 8.63. The maximum absolute atomic E-state index is 12.8. The second kappa shape index (κ2) is 49.8. The van der Waals surface area contributed by atoms with E-state index in [-0.39, 0.29) is 31.1 Å². The molecule has 2 unspecified atom stereocenters. The molecule has 0 aromatic carbocycles. The Balaban J connectivity index is 4.19. The van der Waals surface area contributed by atoms with Crippen LogP contribution in [0.25, 0.3) is 0 Å². The minimum atomic E-state index is -0.762. The van der Waals surface area contributed by atoms with Gasteiger partial charge in [-0.2, -0.15) is 0 Å². The summed E-state index contributed by atoms with van der Waals surface area (Å²) >= 11 is 0. The molecule has 0 aliphatic carbocycles. The Morgan fingerprint density at radius 3 is 0.825 bits per heavy atom. The van der Waals surface area contributed by atoms with Crippen LogP contribution >= 0.6 is 0 Å². The first-order valence-corrected chi connectivity index (χ1v) is 28.3. The van der Waals surface area contributed by atoms with Crippen molar-refractivity contribution in [3.63, 3.8) is 0 Å². The van der Waals surface area contributed by atoms with Gasteiger partial charge in [0.15, 0.2) is 6.10 Å². The minimum absolute atomic E-state index is 0.0633. The molecule has 6 nitrogen and oxygen atoms in total. The highest BCUT2D eigenvalue weighted by Crippen LogP contribution is 2.19. The lowest BCUT2D eigenvalue weighted by Gasteiger charge is -2.18. The third kappa shape index (κ3) is 48.2. The summed E-state index contributed by atoms with van der Waals surface area (Å²) in [6.07, 6.45) is 52.3. The van der Waals surface area contributed by atoms with Gasteiger partial charge in [-0.15, -0.1) is 0 Å². The normalized spacial score (nSPS) is 12.9. The Bertz CT molecular complexity index is 966. The van der Waals surface area contributed by atoms with Crippen molar-refractivity contribution in [2.75, 3.05) is 13.2 Å². The first kappa shape index (κ1) is 61.4. The lowest BCUT2D eigenvalue weighted by molar-refractivity contribution is -0.167. The van der Waals surface area contributed by atoms with Gasteiger partial charge in [0.1, 0.15) is 13.2 Å². The summed E-state index contributed by atoms with van der Waals surface area (Å²) in [7, 11) is 0. The maximum atomic E-state index is 12.8. The Morgan fingerprint density at radius 2 is 0.556 bits per heavy atom. The summed E-state index contributed by atoms with van der Waals surface area (Å²) in [4.78, 5) is 38.0. The van der Waals surface area contributed by atoms with Crippen LogP contribution in [0.1, 0.15) is 317 Å². The fourth-order valence-electron chi connectivity index (χ4n) is 8.63. The van der Waals surface area contributed by atoms with Gasteiger partial charge in [-0.3, -0.25) is 14.4 Å². The number of carbonyl (C=O) groups is 3. The Kier molecular flexibility index (Phi) is 48.6. The van der Waals surface area contributed by atoms with Crippen LogP contribution in [0.5, 0.6) is 0 Å². The van der Waals surface area contributed by atoms with E-state index in [4.69, 9.17) is 14.2 Å². The second-order valence-electron chi connectivity index (χ2n) is 20.1. The molecule has 0 saturated heterocycles. The average Bonchev–Trinajstić information content (AvgIpc) is 3.28. The predicted octanol–water partition coefficient (Wildman–Crippen LogP) is 18.5. The molecule has 0 radical (unpaired) electrons. The first-order chi connectivity index (χ1) is 30.8. The van der Waals surface area contributed by atoms with E-state index in [1.54, 1.807) is 0 Å². The lowest BCUT2D eigenvalue weighted by Crippen LogP contribution is -2.30. The molecule has 0 spiro atoms. The summed E-state index contributed by atoms with van der Waals surface area (Å²) < 4.78 is 16.8. The van der Waals surface area contributed by atoms with Gasteiger partial charge in [-0.1, -0.05) is 279 Å². The zero-order valence-corrected chi connectivity index (χ0v) is 43.2. The van der Waals surface area contributed by atoms with Crippen LogP contribution in [0, 0.1) is 11.8 Å². The van der Waals surface area contributed by atoms with Gasteiger partial charge in [0.2, 0.25) is 0 Å². The lowest BCUT2D eigenvalue weighted by atomic mass is 9.99. The maximum Gasteiger partial charge on any atom is 0.306 e. The Hall–Kier alpha value is -1.59. The Labute approximate surface area is 393 Å². The summed E-state index contributed by atoms with van der Waals surface area (Å²) in [5.74, 6) is 0.913. The highest BCUT2D eigenvalue weighted by molar-refractivity contribution is 5.71. The largest absolute Gasteiger partial charge is 0.462 e. The van der Waals surface area contributed by atoms with E-state index in [2.05, 4.69) is 34.6 Å². The van der Waals surface area contributed by atoms with Crippen LogP contribution in [-0.4, -0.2) is 37.2 Å². The standard InChI is InChI=1S/C57H110O6/c1-6-9-10-11-12-13-22-27-34-39-44-49-57(60)63-54(51-62-56(59)48-43-38-33-29-28-31-36-41-46-53(5)8-3)50-61-55(58)47-42-37-32-26-24-21-19-17-15-14-16-18-20-23-25-30-35-40-45-52(4)7-2/h52-54H,6-51H2,1-5H3/t52?,53?,54-/m1/s1. The highest BCUT2D eigenvalue weighted by Gasteiger charge is 2.19. The average molecular weight is 892 g/mol. The molecule has 3 atom stereocenters. The van der Waals surface area contributed by atoms with E-state index in [9.17, 15) is 14.4 Å². The monoisotopic (exact) mass is 891 g/mol. The van der Waals surface area contributed by atoms with Crippen LogP contribution < -0.4 is 0 Å². The number of hydrogen-bond acceptors (Lipinski definition) is 6. The van der Waals surface area contributed by atoms with Gasteiger partial charge in [0.05, 0.1) is 0 Å². The zero-order chi connectivity index (χ0) is 46.1. The Morgan fingerprint density at radius 1 is 0.317 bits per heavy atom. The molecular formula is C57H110O6. The number of esters is 3. The van der Waals surface area contributed by atoms with Crippen molar-refractivity contribution >= 4 is 17.9 Å². The molecule has 0 N–H and O–H groups in total. The third-order valence-electron chi connectivity index (χ3n) is 13.7. The summed E-state index contributed by atoms with van der Waals surface area (Å²) in [5.41, 5.74) is 0. The molecule has 0 amide bonds. The van der Waals surface area contributed by atoms with Gasteiger partial charge in [-0.25, -0.2) is 0 Å². The molecular weight excluding hydrogens is 781 g/mol. The van der Waals surface area contributed by atoms with Crippen molar-refractivity contribution in [2.45, 2.75) is 323 Å². The quantitative estimate of drug-likeness (QED) is 0.0344. The highest BCUT2D eigenvalue weighted by atomic mass is 16.6. The summed E-state index contributed by atoms with van der Waals surface area (Å²) in [6.45, 7) is 11.4. The van der Waals surface area contributed by atoms with Crippen molar-refractivity contribution in [1.29, 1.82) is 0 Å². The number of unbranched alkanes of at least 4 members (excludes halogenated alkanes) is 34. The molecule has 0 aliphatic rings. The molecule has 0 bridgehead atoms. The van der Waals surface area contributed by atoms with E-state index in [1.807, 2.05) is 0 Å². The van der Waals surface area contributed by atoms with Crippen LogP contribution in [-0.2, 0) is 28.6 Å². The van der Waals surface area contributed by atoms with Crippen molar-refractivity contribution in [1.82, 2.24) is 0 Å². The summed E-state index contributed by atoms with van der Waals surface area (Å²) in [6, 6.07) is 0. The fraction of sp³-hybridized carbons (Fsp3) is 0.947. The second-order valence-corrected chi connectivity index (χ2v) is 20.1. The number of carbonyl (C=O) groups excluding carboxylic acids is 3. The van der Waals surface area contributed by atoms with Crippen LogP contribution in [0.2, 0.25) is 0 Å². The smallest absolute Gasteiger partial charge is 0.306 e. The molecule has 0 aliphatic heterocycles. The molecule has 0 rings (SSSR count).